The summed E-state index contributed by atoms with van der Waals surface area (Å²) in [6.07, 6.45) is -0.315. The lowest BCUT2D eigenvalue weighted by Crippen LogP contribution is -2.49. The number of rotatable bonds is 6. The van der Waals surface area contributed by atoms with Crippen LogP contribution in [0.3, 0.4) is 0 Å². The van der Waals surface area contributed by atoms with Gasteiger partial charge in [0.15, 0.2) is 11.5 Å². The lowest BCUT2D eigenvalue weighted by Gasteiger charge is -2.33. The van der Waals surface area contributed by atoms with Crippen LogP contribution in [-0.2, 0) is 10.2 Å². The van der Waals surface area contributed by atoms with Gasteiger partial charge in [0.05, 0.1) is 6.54 Å². The lowest BCUT2D eigenvalue weighted by molar-refractivity contribution is 0.0758. The van der Waals surface area contributed by atoms with E-state index in [4.69, 9.17) is 9.47 Å². The molecule has 0 fully saturated rings. The quantitative estimate of drug-likeness (QED) is 0.798. The van der Waals surface area contributed by atoms with E-state index in [1.54, 1.807) is 7.05 Å². The van der Waals surface area contributed by atoms with Crippen molar-refractivity contribution in [3.05, 3.63) is 24.3 Å². The monoisotopic (exact) mass is 328 g/mol. The van der Waals surface area contributed by atoms with Gasteiger partial charge in [0.25, 0.3) is 10.2 Å². The van der Waals surface area contributed by atoms with Crippen molar-refractivity contribution >= 4 is 10.2 Å². The zero-order valence-electron chi connectivity index (χ0n) is 13.5. The molecule has 1 aromatic rings. The first-order valence-electron chi connectivity index (χ1n) is 7.47. The Morgan fingerprint density at radius 3 is 2.50 bits per heavy atom. The Hall–Kier alpha value is -1.31. The van der Waals surface area contributed by atoms with Crippen LogP contribution in [0, 0.1) is 0 Å². The van der Waals surface area contributed by atoms with Crippen molar-refractivity contribution in [1.82, 2.24) is 8.61 Å². The molecule has 1 aliphatic rings. The summed E-state index contributed by atoms with van der Waals surface area (Å²) in [4.78, 5) is 0. The van der Waals surface area contributed by atoms with Crippen molar-refractivity contribution in [2.45, 2.75) is 32.9 Å². The summed E-state index contributed by atoms with van der Waals surface area (Å²) in [7, 11) is -1.90. The maximum absolute atomic E-state index is 12.6. The summed E-state index contributed by atoms with van der Waals surface area (Å²) < 4.78 is 39.4. The third kappa shape index (κ3) is 3.53. The molecule has 2 rings (SSSR count). The molecule has 1 aliphatic heterocycles. The van der Waals surface area contributed by atoms with Crippen molar-refractivity contribution in [2.75, 3.05) is 26.7 Å². The van der Waals surface area contributed by atoms with Gasteiger partial charge in [-0.25, -0.2) is 0 Å². The smallest absolute Gasteiger partial charge is 0.282 e. The van der Waals surface area contributed by atoms with Gasteiger partial charge in [0.2, 0.25) is 0 Å². The molecular formula is C15H24N2O4S. The van der Waals surface area contributed by atoms with Crippen LogP contribution in [0.15, 0.2) is 24.3 Å². The topological polar surface area (TPSA) is 59.1 Å². The van der Waals surface area contributed by atoms with Gasteiger partial charge in [-0.15, -0.1) is 0 Å². The number of hydrogen-bond donors (Lipinski definition) is 0. The first-order chi connectivity index (χ1) is 10.4. The number of hydrogen-bond acceptors (Lipinski definition) is 4. The minimum Gasteiger partial charge on any atom is -0.486 e. The van der Waals surface area contributed by atoms with Gasteiger partial charge >= 0.3 is 0 Å². The molecule has 0 aliphatic carbocycles. The van der Waals surface area contributed by atoms with Crippen LogP contribution in [0.2, 0.25) is 0 Å². The van der Waals surface area contributed by atoms with Crippen LogP contribution in [0.5, 0.6) is 11.5 Å². The molecule has 0 saturated carbocycles. The van der Waals surface area contributed by atoms with Crippen LogP contribution in [0.25, 0.3) is 0 Å². The average molecular weight is 328 g/mol. The number of ether oxygens (including phenoxy) is 2. The molecule has 0 saturated heterocycles. The molecule has 0 N–H and O–H groups in total. The molecule has 124 valence electrons. The number of nitrogens with zero attached hydrogens (tertiary/aromatic N) is 2. The maximum atomic E-state index is 12.6. The average Bonchev–Trinajstić information content (AvgIpc) is 2.51. The van der Waals surface area contributed by atoms with Crippen LogP contribution in [0.1, 0.15) is 20.8 Å². The van der Waals surface area contributed by atoms with Gasteiger partial charge < -0.3 is 9.47 Å². The van der Waals surface area contributed by atoms with Crippen molar-refractivity contribution < 1.29 is 17.9 Å². The molecule has 0 spiro atoms. The predicted molar refractivity (Wildman–Crippen MR) is 85.4 cm³/mol. The summed E-state index contributed by atoms with van der Waals surface area (Å²) in [5.74, 6) is 1.35. The largest absolute Gasteiger partial charge is 0.486 e. The highest BCUT2D eigenvalue weighted by molar-refractivity contribution is 7.86. The van der Waals surface area contributed by atoms with Crippen molar-refractivity contribution in [1.29, 1.82) is 0 Å². The second-order valence-corrected chi connectivity index (χ2v) is 7.55. The Morgan fingerprint density at radius 2 is 1.91 bits per heavy atom. The zero-order valence-corrected chi connectivity index (χ0v) is 14.3. The predicted octanol–water partition coefficient (Wildman–Crippen LogP) is 1.73. The van der Waals surface area contributed by atoms with Gasteiger partial charge in [0.1, 0.15) is 12.7 Å². The van der Waals surface area contributed by atoms with E-state index in [0.717, 1.165) is 0 Å². The third-order valence-corrected chi connectivity index (χ3v) is 5.95. The lowest BCUT2D eigenvalue weighted by atomic mass is 10.2. The standard InChI is InChI=1S/C15H24N2O4S/c1-5-17(22(18,19)16(4)12(2)3)10-13-11-20-14-8-6-7-9-15(14)21-13/h6-9,12-13H,5,10-11H2,1-4H3/t13-/m1/s1. The first kappa shape index (κ1) is 17.1. The summed E-state index contributed by atoms with van der Waals surface area (Å²) in [5.41, 5.74) is 0. The van der Waals surface area contributed by atoms with Crippen LogP contribution < -0.4 is 9.47 Å². The molecule has 22 heavy (non-hydrogen) atoms. The minimum atomic E-state index is -3.50. The Morgan fingerprint density at radius 1 is 1.27 bits per heavy atom. The molecule has 1 heterocycles. The number of para-hydroxylation sites is 2. The number of benzene rings is 1. The molecule has 0 unspecified atom stereocenters. The van der Waals surface area contributed by atoms with E-state index in [1.165, 1.54) is 8.61 Å². The van der Waals surface area contributed by atoms with Crippen LogP contribution >= 0.6 is 0 Å². The van der Waals surface area contributed by atoms with Gasteiger partial charge in [-0.3, -0.25) is 0 Å². The highest BCUT2D eigenvalue weighted by Gasteiger charge is 2.31. The van der Waals surface area contributed by atoms with Crippen molar-refractivity contribution in [3.8, 4) is 11.5 Å². The van der Waals surface area contributed by atoms with E-state index in [9.17, 15) is 8.42 Å². The molecule has 0 bridgehead atoms. The van der Waals surface area contributed by atoms with E-state index in [0.29, 0.717) is 24.7 Å². The molecule has 6 nitrogen and oxygen atoms in total. The fourth-order valence-corrected chi connectivity index (χ4v) is 3.79. The molecular weight excluding hydrogens is 304 g/mol. The van der Waals surface area contributed by atoms with Gasteiger partial charge in [-0.2, -0.15) is 17.0 Å². The SMILES string of the molecule is CCN(C[C@@H]1COc2ccccc2O1)S(=O)(=O)N(C)C(C)C. The normalized spacial score (nSPS) is 18.2. The van der Waals surface area contributed by atoms with E-state index in [2.05, 4.69) is 0 Å². The number of fused-ring (bicyclic) bond motifs is 1. The Bertz CT molecular complexity index is 603. The van der Waals surface area contributed by atoms with Gasteiger partial charge in [-0.1, -0.05) is 19.1 Å². The Labute approximate surface area is 132 Å². The fraction of sp³-hybridized carbons (Fsp3) is 0.600. The summed E-state index contributed by atoms with van der Waals surface area (Å²) in [6.45, 7) is 6.52. The highest BCUT2D eigenvalue weighted by atomic mass is 32.2. The molecule has 7 heteroatoms. The van der Waals surface area contributed by atoms with E-state index in [-0.39, 0.29) is 18.7 Å². The summed E-state index contributed by atoms with van der Waals surface area (Å²) in [6, 6.07) is 7.32. The summed E-state index contributed by atoms with van der Waals surface area (Å²) >= 11 is 0. The molecule has 0 radical (unpaired) electrons. The van der Waals surface area contributed by atoms with Gasteiger partial charge in [0, 0.05) is 19.6 Å². The minimum absolute atomic E-state index is 0.0942. The maximum Gasteiger partial charge on any atom is 0.282 e. The third-order valence-electron chi connectivity index (χ3n) is 3.74. The van der Waals surface area contributed by atoms with Gasteiger partial charge in [-0.05, 0) is 26.0 Å². The molecule has 1 atom stereocenters. The zero-order chi connectivity index (χ0) is 16.3. The van der Waals surface area contributed by atoms with E-state index < -0.39 is 10.2 Å². The Balaban J connectivity index is 2.09. The Kier molecular flexibility index (Phi) is 5.31. The first-order valence-corrected chi connectivity index (χ1v) is 8.87. The van der Waals surface area contributed by atoms with Crippen molar-refractivity contribution in [3.63, 3.8) is 0 Å². The second-order valence-electron chi connectivity index (χ2n) is 5.57. The van der Waals surface area contributed by atoms with Crippen molar-refractivity contribution in [2.24, 2.45) is 0 Å². The van der Waals surface area contributed by atoms with Crippen LogP contribution in [-0.4, -0.2) is 55.9 Å². The second kappa shape index (κ2) is 6.85. The van der Waals surface area contributed by atoms with E-state index >= 15 is 0 Å². The van der Waals surface area contributed by atoms with E-state index in [1.807, 2.05) is 45.0 Å². The molecule has 1 aromatic carbocycles. The molecule has 0 amide bonds. The molecule has 0 aromatic heterocycles. The van der Waals surface area contributed by atoms with Crippen LogP contribution in [0.4, 0.5) is 0 Å². The number of likely N-dealkylation sites (N-methyl/N-ethyl adjacent to an activating group) is 1. The summed E-state index contributed by atoms with van der Waals surface area (Å²) in [5, 5.41) is 0. The highest BCUT2D eigenvalue weighted by Crippen LogP contribution is 2.31. The fourth-order valence-electron chi connectivity index (χ4n) is 2.22.